The van der Waals surface area contributed by atoms with E-state index < -0.39 is 10.0 Å². The molecule has 0 aliphatic rings. The molecule has 0 aliphatic heterocycles. The van der Waals surface area contributed by atoms with E-state index in [0.29, 0.717) is 22.1 Å². The maximum absolute atomic E-state index is 12.0. The van der Waals surface area contributed by atoms with Gasteiger partial charge in [0.25, 0.3) is 10.0 Å². The number of aryl methyl sites for hydroxylation is 2. The van der Waals surface area contributed by atoms with Gasteiger partial charge in [0.1, 0.15) is 10.0 Å². The van der Waals surface area contributed by atoms with Gasteiger partial charge in [0.05, 0.1) is 23.8 Å². The Hall–Kier alpha value is -1.60. The van der Waals surface area contributed by atoms with Crippen LogP contribution in [-0.4, -0.2) is 23.6 Å². The van der Waals surface area contributed by atoms with Gasteiger partial charge in [-0.05, 0) is 25.5 Å². The van der Waals surface area contributed by atoms with Crippen molar-refractivity contribution >= 4 is 27.3 Å². The summed E-state index contributed by atoms with van der Waals surface area (Å²) >= 11 is 5.77. The number of hydrogen-bond acceptors (Lipinski definition) is 4. The summed E-state index contributed by atoms with van der Waals surface area (Å²) in [6, 6.07) is 1.61. The number of rotatable bonds is 3. The molecule has 0 amide bonds. The summed E-state index contributed by atoms with van der Waals surface area (Å²) in [6.45, 7) is 3.38. The predicted octanol–water partition coefficient (Wildman–Crippen LogP) is 1.88. The van der Waals surface area contributed by atoms with Crippen molar-refractivity contribution in [3.63, 3.8) is 0 Å². The highest BCUT2D eigenvalue weighted by molar-refractivity contribution is 7.92. The van der Waals surface area contributed by atoms with Crippen LogP contribution in [-0.2, 0) is 10.0 Å². The van der Waals surface area contributed by atoms with Gasteiger partial charge < -0.3 is 0 Å². The second kappa shape index (κ2) is 4.58. The number of H-pyrrole nitrogens is 1. The zero-order chi connectivity index (χ0) is 13.3. The van der Waals surface area contributed by atoms with E-state index in [1.165, 1.54) is 12.4 Å². The molecule has 0 spiro atoms. The van der Waals surface area contributed by atoms with Crippen molar-refractivity contribution in [1.82, 2.24) is 15.2 Å². The highest BCUT2D eigenvalue weighted by Crippen LogP contribution is 2.20. The van der Waals surface area contributed by atoms with Gasteiger partial charge >= 0.3 is 0 Å². The largest absolute Gasteiger partial charge is 0.281 e. The molecule has 8 heteroatoms. The molecule has 2 aromatic rings. The van der Waals surface area contributed by atoms with Crippen LogP contribution in [0.15, 0.2) is 23.4 Å². The molecule has 0 radical (unpaired) electrons. The topological polar surface area (TPSA) is 87.7 Å². The lowest BCUT2D eigenvalue weighted by Gasteiger charge is -2.07. The first-order valence-electron chi connectivity index (χ1n) is 5.05. The molecule has 2 aromatic heterocycles. The maximum Gasteiger partial charge on any atom is 0.265 e. The van der Waals surface area contributed by atoms with Crippen LogP contribution in [0.3, 0.4) is 0 Å². The average Bonchev–Trinajstić information content (AvgIpc) is 2.70. The van der Waals surface area contributed by atoms with Crippen molar-refractivity contribution in [2.75, 3.05) is 4.72 Å². The van der Waals surface area contributed by atoms with E-state index in [4.69, 9.17) is 11.6 Å². The minimum absolute atomic E-state index is 0.107. The Kier molecular flexibility index (Phi) is 3.27. The van der Waals surface area contributed by atoms with Crippen LogP contribution in [0.4, 0.5) is 5.69 Å². The third kappa shape index (κ3) is 2.46. The highest BCUT2D eigenvalue weighted by atomic mass is 35.5. The van der Waals surface area contributed by atoms with Crippen LogP contribution in [0, 0.1) is 13.8 Å². The number of nitrogens with one attached hydrogen (secondary N) is 2. The summed E-state index contributed by atoms with van der Waals surface area (Å²) in [6.07, 6.45) is 2.62. The average molecular weight is 287 g/mol. The third-order valence-corrected chi connectivity index (χ3v) is 4.23. The first-order valence-corrected chi connectivity index (χ1v) is 6.91. The zero-order valence-electron chi connectivity index (χ0n) is 9.73. The second-order valence-electron chi connectivity index (χ2n) is 3.80. The monoisotopic (exact) mass is 286 g/mol. The summed E-state index contributed by atoms with van der Waals surface area (Å²) in [7, 11) is -3.66. The number of aromatic amines is 1. The van der Waals surface area contributed by atoms with Crippen LogP contribution >= 0.6 is 11.6 Å². The van der Waals surface area contributed by atoms with Crippen molar-refractivity contribution in [3.05, 3.63) is 34.9 Å². The van der Waals surface area contributed by atoms with Crippen molar-refractivity contribution in [2.24, 2.45) is 0 Å². The quantitative estimate of drug-likeness (QED) is 0.843. The Balaban J connectivity index is 2.34. The Labute approximate surface area is 109 Å². The van der Waals surface area contributed by atoms with E-state index in [9.17, 15) is 8.42 Å². The van der Waals surface area contributed by atoms with E-state index in [1.807, 2.05) is 0 Å². The fourth-order valence-corrected chi connectivity index (χ4v) is 2.71. The van der Waals surface area contributed by atoms with Gasteiger partial charge in [-0.25, -0.2) is 13.4 Å². The zero-order valence-corrected chi connectivity index (χ0v) is 11.3. The molecular weight excluding hydrogens is 276 g/mol. The van der Waals surface area contributed by atoms with Crippen LogP contribution in [0.1, 0.15) is 11.3 Å². The van der Waals surface area contributed by atoms with Crippen LogP contribution < -0.4 is 4.72 Å². The number of hydrogen-bond donors (Lipinski definition) is 2. The van der Waals surface area contributed by atoms with E-state index >= 15 is 0 Å². The lowest BCUT2D eigenvalue weighted by atomic mass is 10.3. The van der Waals surface area contributed by atoms with E-state index in [2.05, 4.69) is 19.9 Å². The van der Waals surface area contributed by atoms with Gasteiger partial charge in [-0.15, -0.1) is 0 Å². The molecule has 96 valence electrons. The van der Waals surface area contributed by atoms with Crippen LogP contribution in [0.25, 0.3) is 0 Å². The Morgan fingerprint density at radius 3 is 2.61 bits per heavy atom. The summed E-state index contributed by atoms with van der Waals surface area (Å²) in [5, 5.41) is 6.60. The molecule has 0 saturated carbocycles. The van der Waals surface area contributed by atoms with Crippen LogP contribution in [0.5, 0.6) is 0 Å². The summed E-state index contributed by atoms with van der Waals surface area (Å²) in [4.78, 5) is 3.99. The van der Waals surface area contributed by atoms with Gasteiger partial charge in [-0.1, -0.05) is 11.6 Å². The van der Waals surface area contributed by atoms with Gasteiger partial charge in [0.2, 0.25) is 0 Å². The Morgan fingerprint density at radius 2 is 2.06 bits per heavy atom. The number of nitrogens with zero attached hydrogens (tertiary/aromatic N) is 2. The van der Waals surface area contributed by atoms with Gasteiger partial charge in [-0.3, -0.25) is 9.82 Å². The van der Waals surface area contributed by atoms with E-state index in [0.717, 1.165) is 0 Å². The van der Waals surface area contributed by atoms with Crippen molar-refractivity contribution in [2.45, 2.75) is 18.7 Å². The van der Waals surface area contributed by atoms with Crippen LogP contribution in [0.2, 0.25) is 5.15 Å². The highest BCUT2D eigenvalue weighted by Gasteiger charge is 2.18. The lowest BCUT2D eigenvalue weighted by molar-refractivity contribution is 0.600. The van der Waals surface area contributed by atoms with Gasteiger partial charge in [0.15, 0.2) is 0 Å². The fourth-order valence-electron chi connectivity index (χ4n) is 1.43. The summed E-state index contributed by atoms with van der Waals surface area (Å²) in [5.41, 5.74) is 1.53. The molecule has 2 heterocycles. The molecule has 0 atom stereocenters. The predicted molar refractivity (Wildman–Crippen MR) is 68.1 cm³/mol. The van der Waals surface area contributed by atoms with Crippen molar-refractivity contribution in [1.29, 1.82) is 0 Å². The number of pyridine rings is 1. The minimum atomic E-state index is -3.66. The molecule has 0 fully saturated rings. The van der Waals surface area contributed by atoms with E-state index in [1.54, 1.807) is 19.9 Å². The third-order valence-electron chi connectivity index (χ3n) is 2.34. The summed E-state index contributed by atoms with van der Waals surface area (Å²) < 4.78 is 26.5. The number of anilines is 1. The molecular formula is C10H11ClN4O2S. The number of aromatic nitrogens is 3. The van der Waals surface area contributed by atoms with Gasteiger partial charge in [0, 0.05) is 0 Å². The maximum atomic E-state index is 12.0. The molecule has 2 rings (SSSR count). The molecule has 0 unspecified atom stereocenters. The standard InChI is InChI=1S/C10H11ClN4O2S/c1-6-3-8(4-12-10(6)11)15-18(16,17)9-5-13-14-7(9)2/h3-5,15H,1-2H3,(H,13,14). The first kappa shape index (κ1) is 12.8. The SMILES string of the molecule is Cc1cc(NS(=O)(=O)c2cn[nH]c2C)cnc1Cl. The number of sulfonamides is 1. The molecule has 0 aromatic carbocycles. The molecule has 2 N–H and O–H groups in total. The molecule has 6 nitrogen and oxygen atoms in total. The molecule has 0 saturated heterocycles. The van der Waals surface area contributed by atoms with E-state index in [-0.39, 0.29) is 4.90 Å². The smallest absolute Gasteiger partial charge is 0.265 e. The molecule has 0 aliphatic carbocycles. The molecule has 18 heavy (non-hydrogen) atoms. The Bertz CT molecular complexity index is 681. The summed E-state index contributed by atoms with van der Waals surface area (Å²) in [5.74, 6) is 0. The van der Waals surface area contributed by atoms with Gasteiger partial charge in [-0.2, -0.15) is 5.10 Å². The number of halogens is 1. The lowest BCUT2D eigenvalue weighted by Crippen LogP contribution is -2.13. The molecule has 0 bridgehead atoms. The normalized spacial score (nSPS) is 11.5. The van der Waals surface area contributed by atoms with Crippen molar-refractivity contribution < 1.29 is 8.42 Å². The first-order chi connectivity index (χ1) is 8.40. The second-order valence-corrected chi connectivity index (χ2v) is 5.81. The fraction of sp³-hybridized carbons (Fsp3) is 0.200. The van der Waals surface area contributed by atoms with Crippen molar-refractivity contribution in [3.8, 4) is 0 Å². The Morgan fingerprint density at radius 1 is 1.33 bits per heavy atom. The minimum Gasteiger partial charge on any atom is -0.281 e.